The number of halogens is 1. The highest BCUT2D eigenvalue weighted by atomic mass is 79.9. The molecule has 2 aromatic rings. The van der Waals surface area contributed by atoms with Crippen molar-refractivity contribution in [3.63, 3.8) is 0 Å². The van der Waals surface area contributed by atoms with Gasteiger partial charge in [-0.15, -0.1) is 0 Å². The maximum atomic E-state index is 14.0. The number of anilines is 1. The van der Waals surface area contributed by atoms with Gasteiger partial charge in [0.1, 0.15) is 5.75 Å². The number of hydrogen-bond acceptors (Lipinski definition) is 8. The number of amides is 4. The monoisotopic (exact) mass is 775 g/mol. The number of carbonyl (C=O) groups is 3. The zero-order valence-corrected chi connectivity index (χ0v) is 30.7. The normalized spacial score (nSPS) is 20.9. The van der Waals surface area contributed by atoms with Crippen LogP contribution in [0.3, 0.4) is 0 Å². The Kier molecular flexibility index (Phi) is 11.5. The number of phenolic OH excluding ortho intramolecular Hbond substituents is 1. The highest BCUT2D eigenvalue weighted by molar-refractivity contribution is 9.10. The van der Waals surface area contributed by atoms with Gasteiger partial charge in [0.25, 0.3) is 16.1 Å². The number of piperazine rings is 1. The largest absolute Gasteiger partial charge is 0.507 e. The van der Waals surface area contributed by atoms with Crippen LogP contribution in [0.15, 0.2) is 46.9 Å². The maximum Gasteiger partial charge on any atom is 0.410 e. The number of phenols is 1. The smallest absolute Gasteiger partial charge is 0.410 e. The summed E-state index contributed by atoms with van der Waals surface area (Å²) in [5, 5.41) is 13.0. The Labute approximate surface area is 302 Å². The number of piperidine rings is 2. The van der Waals surface area contributed by atoms with E-state index in [1.165, 1.54) is 17.4 Å². The number of nitrogens with one attached hydrogen (secondary N) is 2. The lowest BCUT2D eigenvalue weighted by atomic mass is 10.0. The van der Waals surface area contributed by atoms with Gasteiger partial charge < -0.3 is 29.9 Å². The molecule has 1 atom stereocenters. The van der Waals surface area contributed by atoms with E-state index >= 15 is 0 Å². The van der Waals surface area contributed by atoms with Crippen molar-refractivity contribution in [2.75, 3.05) is 71.3 Å². The molecule has 0 saturated carbocycles. The number of carbonyl (C=O) groups excluding carboxylic acids is 3. The molecule has 0 radical (unpaired) electrons. The van der Waals surface area contributed by atoms with Gasteiger partial charge in [0, 0.05) is 90.1 Å². The van der Waals surface area contributed by atoms with Crippen LogP contribution in [0.5, 0.6) is 5.75 Å². The highest BCUT2D eigenvalue weighted by Crippen LogP contribution is 2.28. The molecular formula is C34H46BrN7O7S. The van der Waals surface area contributed by atoms with Crippen LogP contribution in [0.2, 0.25) is 0 Å². The first-order chi connectivity index (χ1) is 24.0. The molecule has 3 saturated heterocycles. The summed E-state index contributed by atoms with van der Waals surface area (Å²) in [7, 11) is -2.02. The first-order valence-corrected chi connectivity index (χ1v) is 19.6. The Morgan fingerprint density at radius 1 is 0.940 bits per heavy atom. The average molecular weight is 777 g/mol. The lowest BCUT2D eigenvalue weighted by Gasteiger charge is -2.43. The highest BCUT2D eigenvalue weighted by Gasteiger charge is 2.37. The summed E-state index contributed by atoms with van der Waals surface area (Å²) in [4.78, 5) is 48.2. The van der Waals surface area contributed by atoms with Gasteiger partial charge in [-0.25, -0.2) is 14.3 Å². The minimum Gasteiger partial charge on any atom is -0.507 e. The Morgan fingerprint density at radius 3 is 2.30 bits per heavy atom. The van der Waals surface area contributed by atoms with Gasteiger partial charge in [0.05, 0.1) is 4.47 Å². The van der Waals surface area contributed by atoms with E-state index < -0.39 is 22.4 Å². The lowest BCUT2D eigenvalue weighted by Crippen LogP contribution is -2.57. The van der Waals surface area contributed by atoms with E-state index in [-0.39, 0.29) is 36.2 Å². The predicted octanol–water partition coefficient (Wildman–Crippen LogP) is 2.83. The van der Waals surface area contributed by atoms with Crippen molar-refractivity contribution in [3.8, 4) is 5.75 Å². The van der Waals surface area contributed by atoms with Crippen LogP contribution in [0.1, 0.15) is 36.8 Å². The Balaban J connectivity index is 1.05. The van der Waals surface area contributed by atoms with Crippen LogP contribution in [0, 0.1) is 0 Å². The molecule has 50 heavy (non-hydrogen) atoms. The van der Waals surface area contributed by atoms with Gasteiger partial charge in [-0.05, 0) is 77.4 Å². The minimum atomic E-state index is -3.44. The van der Waals surface area contributed by atoms with Crippen molar-refractivity contribution in [1.29, 1.82) is 0 Å². The molecule has 0 aliphatic carbocycles. The fourth-order valence-electron chi connectivity index (χ4n) is 7.45. The summed E-state index contributed by atoms with van der Waals surface area (Å²) in [5.41, 5.74) is 2.67. The van der Waals surface area contributed by atoms with Crippen LogP contribution >= 0.6 is 15.9 Å². The second-order valence-electron chi connectivity index (χ2n) is 13.3. The van der Waals surface area contributed by atoms with E-state index in [4.69, 9.17) is 4.74 Å². The summed E-state index contributed by atoms with van der Waals surface area (Å²) in [6, 6.07) is 12.9. The van der Waals surface area contributed by atoms with E-state index in [0.717, 1.165) is 36.1 Å². The molecule has 3 fully saturated rings. The fourth-order valence-corrected chi connectivity index (χ4v) is 8.83. The molecule has 1 unspecified atom stereocenters. The molecule has 0 aromatic heterocycles. The first kappa shape index (κ1) is 36.4. The van der Waals surface area contributed by atoms with E-state index in [1.807, 2.05) is 29.2 Å². The summed E-state index contributed by atoms with van der Waals surface area (Å²) in [6.45, 7) is 4.52. The van der Waals surface area contributed by atoms with Gasteiger partial charge in [-0.2, -0.15) is 12.7 Å². The Bertz CT molecular complexity index is 1660. The number of nitrogens with zero attached hydrogens (tertiary/aromatic N) is 5. The molecule has 14 nitrogen and oxygen atoms in total. The molecule has 0 bridgehead atoms. The third kappa shape index (κ3) is 8.36. The number of rotatable bonds is 8. The number of urea groups is 1. The molecule has 2 aromatic carbocycles. The topological polar surface area (TPSA) is 155 Å². The van der Waals surface area contributed by atoms with Crippen LogP contribution in [0.25, 0.3) is 0 Å². The van der Waals surface area contributed by atoms with Crippen molar-refractivity contribution in [1.82, 2.24) is 28.6 Å². The van der Waals surface area contributed by atoms with Crippen molar-refractivity contribution >= 4 is 49.9 Å². The van der Waals surface area contributed by atoms with Gasteiger partial charge in [0.15, 0.2) is 6.10 Å². The number of likely N-dealkylation sites (tertiary alicyclic amines) is 1. The number of benzene rings is 2. The molecule has 4 aliphatic heterocycles. The first-order valence-electron chi connectivity index (χ1n) is 17.3. The van der Waals surface area contributed by atoms with Crippen LogP contribution in [-0.2, 0) is 32.6 Å². The molecule has 0 spiro atoms. The number of hydrogen-bond donors (Lipinski definition) is 3. The zero-order chi connectivity index (χ0) is 35.4. The second kappa shape index (κ2) is 15.8. The Morgan fingerprint density at radius 2 is 1.62 bits per heavy atom. The van der Waals surface area contributed by atoms with Gasteiger partial charge in [-0.1, -0.05) is 24.3 Å². The summed E-state index contributed by atoms with van der Waals surface area (Å²) < 4.78 is 34.7. The van der Waals surface area contributed by atoms with Crippen LogP contribution < -0.4 is 10.0 Å². The van der Waals surface area contributed by atoms with Crippen molar-refractivity contribution in [2.45, 2.75) is 56.7 Å². The quantitative estimate of drug-likeness (QED) is 0.370. The number of fused-ring (bicyclic) bond motifs is 1. The molecule has 6 rings (SSSR count). The second-order valence-corrected chi connectivity index (χ2v) is 16.0. The summed E-state index contributed by atoms with van der Waals surface area (Å²) in [5.74, 6) is -0.197. The third-order valence-corrected chi connectivity index (χ3v) is 12.6. The predicted molar refractivity (Wildman–Crippen MR) is 191 cm³/mol. The molecule has 4 amide bonds. The fraction of sp³-hybridized carbons (Fsp3) is 0.559. The summed E-state index contributed by atoms with van der Waals surface area (Å²) >= 11 is 3.34. The van der Waals surface area contributed by atoms with E-state index in [0.29, 0.717) is 76.2 Å². The third-order valence-electron chi connectivity index (χ3n) is 10.4. The average Bonchev–Trinajstić information content (AvgIpc) is 3.30. The van der Waals surface area contributed by atoms with Crippen LogP contribution in [-0.4, -0.2) is 140 Å². The molecule has 4 aliphatic rings. The van der Waals surface area contributed by atoms with Crippen molar-refractivity contribution < 1.29 is 32.6 Å². The molecule has 4 heterocycles. The van der Waals surface area contributed by atoms with Crippen molar-refractivity contribution in [2.24, 2.45) is 0 Å². The number of para-hydroxylation sites is 1. The summed E-state index contributed by atoms with van der Waals surface area (Å²) in [6.07, 6.45) is 1.92. The minimum absolute atomic E-state index is 0.0172. The van der Waals surface area contributed by atoms with Gasteiger partial charge in [0.2, 0.25) is 0 Å². The van der Waals surface area contributed by atoms with Crippen LogP contribution in [0.4, 0.5) is 15.3 Å². The Hall–Kier alpha value is -3.44. The molecule has 272 valence electrons. The van der Waals surface area contributed by atoms with E-state index in [1.54, 1.807) is 21.9 Å². The van der Waals surface area contributed by atoms with E-state index in [9.17, 15) is 27.9 Å². The van der Waals surface area contributed by atoms with Gasteiger partial charge >= 0.3 is 12.1 Å². The SMILES string of the molecule is CNS(=O)(=O)N1CCC(N2CCN(C(=O)C(Cc3ccc(O)c(Br)c3)OC(=O)N3CCC(N4CCc5ccccc5NC4=O)CC3)CC2)CC1. The molecule has 16 heteroatoms. The zero-order valence-electron chi connectivity index (χ0n) is 28.3. The number of ether oxygens (including phenoxy) is 1. The van der Waals surface area contributed by atoms with E-state index in [2.05, 4.69) is 30.9 Å². The van der Waals surface area contributed by atoms with Crippen molar-refractivity contribution in [3.05, 3.63) is 58.1 Å². The molecule has 3 N–H and O–H groups in total. The molecular weight excluding hydrogens is 730 g/mol. The maximum absolute atomic E-state index is 14.0. The number of aromatic hydroxyl groups is 1. The standard InChI is InChI=1S/C34H46BrN7O7S/c1-36-50(47,48)41-15-11-26(12-16-41)38-18-20-39(21-19-38)32(44)31(23-24-6-7-30(43)28(35)22-24)49-34(46)40-13-9-27(10-14-40)42-17-8-25-4-2-3-5-29(25)37-33(42)45/h2-7,22,26-27,31,36,43H,8-21,23H2,1H3,(H,37,45). The lowest BCUT2D eigenvalue weighted by molar-refractivity contribution is -0.143. The van der Waals surface area contributed by atoms with Gasteiger partial charge in [-0.3, -0.25) is 9.69 Å².